The van der Waals surface area contributed by atoms with Crippen molar-refractivity contribution in [3.8, 4) is 0 Å². The van der Waals surface area contributed by atoms with Crippen LogP contribution >= 0.6 is 11.8 Å². The molecule has 3 rings (SSSR count). The van der Waals surface area contributed by atoms with E-state index in [1.807, 2.05) is 6.92 Å². The fraction of sp³-hybridized carbons (Fsp3) is 0.529. The fourth-order valence-electron chi connectivity index (χ4n) is 3.39. The smallest absolute Gasteiger partial charge is 0.348 e. The monoisotopic (exact) mass is 372 g/mol. The number of carbonyl (C=O) groups excluding carboxylic acids is 2. The lowest BCUT2D eigenvalue weighted by Crippen LogP contribution is -2.50. The van der Waals surface area contributed by atoms with Crippen LogP contribution in [0.2, 0.25) is 0 Å². The molecule has 2 heterocycles. The molecule has 2 aliphatic rings. The summed E-state index contributed by atoms with van der Waals surface area (Å²) in [4.78, 5) is 26.0. The maximum Gasteiger partial charge on any atom is 0.416 e. The number of fused-ring (bicyclic) bond motifs is 1. The summed E-state index contributed by atoms with van der Waals surface area (Å²) < 4.78 is 38.5. The molecule has 136 valence electrons. The van der Waals surface area contributed by atoms with Crippen LogP contribution in [0.15, 0.2) is 24.3 Å². The average molecular weight is 372 g/mol. The number of benzene rings is 1. The third kappa shape index (κ3) is 3.36. The van der Waals surface area contributed by atoms with E-state index in [0.717, 1.165) is 12.1 Å². The van der Waals surface area contributed by atoms with Crippen molar-refractivity contribution in [2.24, 2.45) is 0 Å². The van der Waals surface area contributed by atoms with Gasteiger partial charge in [-0.15, -0.1) is 11.8 Å². The molecule has 1 aromatic carbocycles. The Hall–Kier alpha value is -1.70. The highest BCUT2D eigenvalue weighted by atomic mass is 32.2. The molecule has 2 saturated heterocycles. The van der Waals surface area contributed by atoms with Crippen molar-refractivity contribution in [1.82, 2.24) is 10.2 Å². The van der Waals surface area contributed by atoms with Crippen LogP contribution in [0.25, 0.3) is 0 Å². The molecule has 0 saturated carbocycles. The number of carbonyl (C=O) groups is 2. The summed E-state index contributed by atoms with van der Waals surface area (Å²) in [5.74, 6) is 0.138. The van der Waals surface area contributed by atoms with E-state index in [1.165, 1.54) is 6.07 Å². The van der Waals surface area contributed by atoms with E-state index in [1.54, 1.807) is 29.7 Å². The first-order chi connectivity index (χ1) is 11.6. The van der Waals surface area contributed by atoms with Gasteiger partial charge in [0.1, 0.15) is 6.04 Å². The van der Waals surface area contributed by atoms with E-state index in [-0.39, 0.29) is 16.7 Å². The van der Waals surface area contributed by atoms with Crippen LogP contribution in [0.5, 0.6) is 0 Å². The predicted molar refractivity (Wildman–Crippen MR) is 88.7 cm³/mol. The van der Waals surface area contributed by atoms with E-state index < -0.39 is 23.8 Å². The van der Waals surface area contributed by atoms with Crippen molar-refractivity contribution in [3.63, 3.8) is 0 Å². The van der Waals surface area contributed by atoms with E-state index in [0.29, 0.717) is 24.2 Å². The quantitative estimate of drug-likeness (QED) is 0.885. The van der Waals surface area contributed by atoms with Gasteiger partial charge in [-0.25, -0.2) is 0 Å². The lowest BCUT2D eigenvalue weighted by molar-refractivity contribution is -0.138. The first-order valence-corrected chi connectivity index (χ1v) is 9.04. The van der Waals surface area contributed by atoms with Gasteiger partial charge in [0.25, 0.3) is 0 Å². The van der Waals surface area contributed by atoms with Gasteiger partial charge in [-0.1, -0.05) is 12.1 Å². The van der Waals surface area contributed by atoms with Crippen molar-refractivity contribution in [1.29, 1.82) is 0 Å². The number of halogens is 3. The SMILES string of the molecule is CC(NC(=O)C1CSC2(C)CCC(=O)N12)c1cccc(C(F)(F)F)c1. The van der Waals surface area contributed by atoms with Crippen molar-refractivity contribution < 1.29 is 22.8 Å². The molecule has 25 heavy (non-hydrogen) atoms. The summed E-state index contributed by atoms with van der Waals surface area (Å²) in [7, 11) is 0. The van der Waals surface area contributed by atoms with Crippen LogP contribution in [-0.2, 0) is 15.8 Å². The lowest BCUT2D eigenvalue weighted by atomic mass is 10.0. The minimum absolute atomic E-state index is 0.0422. The number of amides is 2. The number of thioether (sulfide) groups is 1. The highest BCUT2D eigenvalue weighted by molar-refractivity contribution is 8.01. The van der Waals surface area contributed by atoms with Crippen LogP contribution in [-0.4, -0.2) is 33.4 Å². The van der Waals surface area contributed by atoms with Crippen LogP contribution in [0.4, 0.5) is 13.2 Å². The Labute approximate surface area is 148 Å². The summed E-state index contributed by atoms with van der Waals surface area (Å²) >= 11 is 1.58. The van der Waals surface area contributed by atoms with Gasteiger partial charge in [-0.05, 0) is 38.0 Å². The van der Waals surface area contributed by atoms with Gasteiger partial charge in [0.2, 0.25) is 11.8 Å². The summed E-state index contributed by atoms with van der Waals surface area (Å²) in [6.07, 6.45) is -3.29. The number of rotatable bonds is 3. The first-order valence-electron chi connectivity index (χ1n) is 8.05. The molecule has 4 nitrogen and oxygen atoms in total. The van der Waals surface area contributed by atoms with Crippen LogP contribution in [0.1, 0.15) is 43.9 Å². The van der Waals surface area contributed by atoms with Crippen LogP contribution < -0.4 is 5.32 Å². The molecule has 3 unspecified atom stereocenters. The average Bonchev–Trinajstić information content (AvgIpc) is 3.03. The molecule has 0 aliphatic carbocycles. The lowest BCUT2D eigenvalue weighted by Gasteiger charge is -2.30. The topological polar surface area (TPSA) is 49.4 Å². The summed E-state index contributed by atoms with van der Waals surface area (Å²) in [5.41, 5.74) is -0.367. The molecule has 0 bridgehead atoms. The third-order valence-electron chi connectivity index (χ3n) is 4.82. The zero-order valence-electron chi connectivity index (χ0n) is 13.9. The molecule has 3 atom stereocenters. The molecule has 2 amide bonds. The summed E-state index contributed by atoms with van der Waals surface area (Å²) in [6, 6.07) is 3.77. The molecule has 2 fully saturated rings. The van der Waals surface area contributed by atoms with Crippen LogP contribution in [0, 0.1) is 0 Å². The van der Waals surface area contributed by atoms with E-state index in [4.69, 9.17) is 0 Å². The Morgan fingerprint density at radius 1 is 1.44 bits per heavy atom. The molecule has 0 spiro atoms. The van der Waals surface area contributed by atoms with Gasteiger partial charge in [0.05, 0.1) is 16.5 Å². The molecule has 1 N–H and O–H groups in total. The Bertz CT molecular complexity index is 709. The van der Waals surface area contributed by atoms with Gasteiger partial charge in [0.15, 0.2) is 0 Å². The Kier molecular flexibility index (Phi) is 4.51. The first kappa shape index (κ1) is 18.1. The molecular formula is C17H19F3N2O2S. The zero-order chi connectivity index (χ0) is 18.4. The Balaban J connectivity index is 1.72. The predicted octanol–water partition coefficient (Wildman–Crippen LogP) is 3.34. The second kappa shape index (κ2) is 6.23. The largest absolute Gasteiger partial charge is 0.416 e. The molecule has 2 aliphatic heterocycles. The number of nitrogens with zero attached hydrogens (tertiary/aromatic N) is 1. The maximum absolute atomic E-state index is 12.8. The highest BCUT2D eigenvalue weighted by Crippen LogP contribution is 2.47. The molecule has 0 radical (unpaired) electrons. The van der Waals surface area contributed by atoms with Gasteiger partial charge < -0.3 is 10.2 Å². The maximum atomic E-state index is 12.8. The van der Waals surface area contributed by atoms with Gasteiger partial charge >= 0.3 is 6.18 Å². The normalized spacial score (nSPS) is 27.3. The van der Waals surface area contributed by atoms with E-state index in [2.05, 4.69) is 5.32 Å². The zero-order valence-corrected chi connectivity index (χ0v) is 14.7. The van der Waals surface area contributed by atoms with Crippen molar-refractivity contribution in [2.75, 3.05) is 5.75 Å². The van der Waals surface area contributed by atoms with Crippen molar-refractivity contribution in [2.45, 2.75) is 49.8 Å². The molecular weight excluding hydrogens is 353 g/mol. The number of hydrogen-bond donors (Lipinski definition) is 1. The molecule has 8 heteroatoms. The van der Waals surface area contributed by atoms with Gasteiger partial charge in [-0.2, -0.15) is 13.2 Å². The Morgan fingerprint density at radius 2 is 2.16 bits per heavy atom. The number of nitrogens with one attached hydrogen (secondary N) is 1. The Morgan fingerprint density at radius 3 is 2.84 bits per heavy atom. The van der Waals surface area contributed by atoms with Crippen molar-refractivity contribution >= 4 is 23.6 Å². The molecule has 1 aromatic rings. The fourth-order valence-corrected chi connectivity index (χ4v) is 4.82. The van der Waals surface area contributed by atoms with Gasteiger partial charge in [-0.3, -0.25) is 9.59 Å². The highest BCUT2D eigenvalue weighted by Gasteiger charge is 2.53. The number of alkyl halides is 3. The van der Waals surface area contributed by atoms with E-state index in [9.17, 15) is 22.8 Å². The second-order valence-corrected chi connectivity index (χ2v) is 8.12. The summed E-state index contributed by atoms with van der Waals surface area (Å²) in [6.45, 7) is 3.59. The second-order valence-electron chi connectivity index (χ2n) is 6.62. The number of hydrogen-bond acceptors (Lipinski definition) is 3. The van der Waals surface area contributed by atoms with E-state index >= 15 is 0 Å². The third-order valence-corrected chi connectivity index (χ3v) is 6.33. The van der Waals surface area contributed by atoms with Crippen molar-refractivity contribution in [3.05, 3.63) is 35.4 Å². The molecule has 0 aromatic heterocycles. The standard InChI is InChI=1S/C17H19F3N2O2S/c1-10(11-4-3-5-12(8-11)17(18,19)20)21-15(24)13-9-25-16(2)7-6-14(23)22(13)16/h3-5,8,10,13H,6-7,9H2,1-2H3,(H,21,24). The minimum atomic E-state index is -4.42. The van der Waals surface area contributed by atoms with Crippen LogP contribution in [0.3, 0.4) is 0 Å². The van der Waals surface area contributed by atoms with Gasteiger partial charge in [0, 0.05) is 12.2 Å². The minimum Gasteiger partial charge on any atom is -0.348 e. The summed E-state index contributed by atoms with van der Waals surface area (Å²) in [5, 5.41) is 2.75.